The highest BCUT2D eigenvalue weighted by Crippen LogP contribution is 2.15. The van der Waals surface area contributed by atoms with Gasteiger partial charge in [0.2, 0.25) is 5.91 Å². The van der Waals surface area contributed by atoms with Crippen LogP contribution in [-0.4, -0.2) is 34.9 Å². The summed E-state index contributed by atoms with van der Waals surface area (Å²) in [4.78, 5) is 12.4. The van der Waals surface area contributed by atoms with Gasteiger partial charge in [-0.05, 0) is 77.0 Å². The first-order valence-electron chi connectivity index (χ1n) is 23.5. The van der Waals surface area contributed by atoms with E-state index in [0.29, 0.717) is 6.42 Å². The van der Waals surface area contributed by atoms with E-state index in [2.05, 4.69) is 67.8 Å². The molecular weight excluding hydrogens is 663 g/mol. The van der Waals surface area contributed by atoms with Gasteiger partial charge in [0.15, 0.2) is 0 Å². The Morgan fingerprint density at radius 2 is 0.778 bits per heavy atom. The van der Waals surface area contributed by atoms with Crippen molar-refractivity contribution in [3.8, 4) is 0 Å². The number of amides is 1. The van der Waals surface area contributed by atoms with E-state index < -0.39 is 12.1 Å². The van der Waals surface area contributed by atoms with Gasteiger partial charge in [-0.25, -0.2) is 0 Å². The predicted molar refractivity (Wildman–Crippen MR) is 239 cm³/mol. The zero-order valence-corrected chi connectivity index (χ0v) is 36.0. The SMILES string of the molecule is CCCCCCC/C=C\C/C=C\CCCCCCCCCCCCCCCCCC(=O)NC(CO)C(O)/C=C/CC/C=C/CC/C=C/CCCCCCC. The molecule has 0 aliphatic rings. The second kappa shape index (κ2) is 45.5. The largest absolute Gasteiger partial charge is 0.394 e. The molecule has 0 heterocycles. The van der Waals surface area contributed by atoms with Crippen molar-refractivity contribution in [1.82, 2.24) is 5.32 Å². The molecule has 0 fully saturated rings. The molecule has 0 aromatic carbocycles. The van der Waals surface area contributed by atoms with Crippen LogP contribution in [0.25, 0.3) is 0 Å². The van der Waals surface area contributed by atoms with Crippen molar-refractivity contribution < 1.29 is 15.0 Å². The molecule has 0 aromatic rings. The van der Waals surface area contributed by atoms with Gasteiger partial charge in [-0.3, -0.25) is 4.79 Å². The molecule has 314 valence electrons. The van der Waals surface area contributed by atoms with Crippen LogP contribution in [0.5, 0.6) is 0 Å². The third kappa shape index (κ3) is 41.3. The Kier molecular flexibility index (Phi) is 43.9. The standard InChI is InChI=1S/C50H91NO3/c1-3-5-7-9-11-13-15-17-19-20-21-22-23-24-25-26-27-28-29-30-32-34-36-38-40-42-44-46-50(54)51-48(47-52)49(53)45-43-41-39-37-35-33-31-18-16-14-12-10-8-6-4-2/h15-18,20-21,35,37,43,45,48-49,52-53H,3-14,19,22-34,36,38-42,44,46-47H2,1-2H3,(H,51,54)/b17-15-,18-16+,21-20-,37-35+,45-43+. The molecule has 0 saturated heterocycles. The quantitative estimate of drug-likeness (QED) is 0.0429. The minimum Gasteiger partial charge on any atom is -0.394 e. The maximum Gasteiger partial charge on any atom is 0.220 e. The molecule has 0 spiro atoms. The first-order valence-corrected chi connectivity index (χ1v) is 23.5. The number of carbonyl (C=O) groups excluding carboxylic acids is 1. The molecule has 54 heavy (non-hydrogen) atoms. The molecule has 0 aliphatic carbocycles. The van der Waals surface area contributed by atoms with E-state index in [0.717, 1.165) is 44.9 Å². The van der Waals surface area contributed by atoms with Gasteiger partial charge < -0.3 is 15.5 Å². The third-order valence-electron chi connectivity index (χ3n) is 10.5. The van der Waals surface area contributed by atoms with Crippen molar-refractivity contribution in [3.63, 3.8) is 0 Å². The van der Waals surface area contributed by atoms with Gasteiger partial charge in [-0.2, -0.15) is 0 Å². The van der Waals surface area contributed by atoms with Crippen LogP contribution < -0.4 is 5.32 Å². The molecule has 0 aliphatic heterocycles. The fraction of sp³-hybridized carbons (Fsp3) is 0.780. The number of hydrogen-bond donors (Lipinski definition) is 3. The molecule has 2 atom stereocenters. The number of aliphatic hydroxyl groups excluding tert-OH is 2. The van der Waals surface area contributed by atoms with Crippen molar-refractivity contribution in [2.24, 2.45) is 0 Å². The summed E-state index contributed by atoms with van der Waals surface area (Å²) in [6, 6.07) is -0.646. The van der Waals surface area contributed by atoms with Crippen molar-refractivity contribution in [2.45, 2.75) is 244 Å². The molecule has 0 bridgehead atoms. The topological polar surface area (TPSA) is 69.6 Å². The first-order chi connectivity index (χ1) is 26.7. The van der Waals surface area contributed by atoms with Crippen LogP contribution in [0.3, 0.4) is 0 Å². The minimum atomic E-state index is -0.870. The second-order valence-electron chi connectivity index (χ2n) is 15.8. The Labute approximate surface area is 336 Å². The highest BCUT2D eigenvalue weighted by atomic mass is 16.3. The van der Waals surface area contributed by atoms with E-state index in [4.69, 9.17) is 0 Å². The fourth-order valence-corrected chi connectivity index (χ4v) is 6.83. The average molecular weight is 754 g/mol. The van der Waals surface area contributed by atoms with Crippen molar-refractivity contribution >= 4 is 5.91 Å². The number of carbonyl (C=O) groups is 1. The Morgan fingerprint density at radius 3 is 1.19 bits per heavy atom. The molecule has 4 nitrogen and oxygen atoms in total. The number of allylic oxidation sites excluding steroid dienone is 9. The lowest BCUT2D eigenvalue weighted by Crippen LogP contribution is -2.45. The third-order valence-corrected chi connectivity index (χ3v) is 10.5. The van der Waals surface area contributed by atoms with E-state index in [1.807, 2.05) is 6.08 Å². The number of nitrogens with one attached hydrogen (secondary N) is 1. The Bertz CT molecular complexity index is 904. The summed E-state index contributed by atoms with van der Waals surface area (Å²) < 4.78 is 0. The van der Waals surface area contributed by atoms with E-state index in [9.17, 15) is 15.0 Å². The lowest BCUT2D eigenvalue weighted by molar-refractivity contribution is -0.123. The van der Waals surface area contributed by atoms with Crippen molar-refractivity contribution in [1.29, 1.82) is 0 Å². The van der Waals surface area contributed by atoms with E-state index in [1.54, 1.807) is 6.08 Å². The van der Waals surface area contributed by atoms with Gasteiger partial charge in [0.25, 0.3) is 0 Å². The fourth-order valence-electron chi connectivity index (χ4n) is 6.83. The molecule has 0 aromatic heterocycles. The monoisotopic (exact) mass is 754 g/mol. The Morgan fingerprint density at radius 1 is 0.444 bits per heavy atom. The summed E-state index contributed by atoms with van der Waals surface area (Å²) in [5.74, 6) is -0.0791. The maximum atomic E-state index is 12.4. The lowest BCUT2D eigenvalue weighted by Gasteiger charge is -2.19. The normalized spacial score (nSPS) is 13.5. The zero-order valence-electron chi connectivity index (χ0n) is 36.0. The van der Waals surface area contributed by atoms with Crippen LogP contribution in [0.1, 0.15) is 232 Å². The molecule has 0 saturated carbocycles. The molecule has 2 unspecified atom stereocenters. The van der Waals surface area contributed by atoms with Crippen LogP contribution in [0, 0.1) is 0 Å². The Hall–Kier alpha value is -1.91. The van der Waals surface area contributed by atoms with Gasteiger partial charge in [-0.15, -0.1) is 0 Å². The van der Waals surface area contributed by atoms with Gasteiger partial charge in [0, 0.05) is 6.42 Å². The zero-order chi connectivity index (χ0) is 39.3. The van der Waals surface area contributed by atoms with Crippen LogP contribution in [0.4, 0.5) is 0 Å². The van der Waals surface area contributed by atoms with Gasteiger partial charge in [0.1, 0.15) is 0 Å². The predicted octanol–water partition coefficient (Wildman–Crippen LogP) is 14.9. The lowest BCUT2D eigenvalue weighted by atomic mass is 10.0. The summed E-state index contributed by atoms with van der Waals surface area (Å²) in [7, 11) is 0. The second-order valence-corrected chi connectivity index (χ2v) is 15.8. The van der Waals surface area contributed by atoms with Gasteiger partial charge in [-0.1, -0.05) is 209 Å². The molecule has 0 radical (unpaired) electrons. The molecule has 1 amide bonds. The maximum absolute atomic E-state index is 12.4. The smallest absolute Gasteiger partial charge is 0.220 e. The number of aliphatic hydroxyl groups is 2. The number of rotatable bonds is 42. The molecule has 3 N–H and O–H groups in total. The molecule has 4 heteroatoms. The number of unbranched alkanes of at least 4 members (excludes halogenated alkanes) is 27. The summed E-state index contributed by atoms with van der Waals surface area (Å²) >= 11 is 0. The van der Waals surface area contributed by atoms with Crippen LogP contribution in [0.2, 0.25) is 0 Å². The summed E-state index contributed by atoms with van der Waals surface area (Å²) in [6.07, 6.45) is 63.4. The van der Waals surface area contributed by atoms with E-state index >= 15 is 0 Å². The molecule has 0 rings (SSSR count). The van der Waals surface area contributed by atoms with Crippen LogP contribution >= 0.6 is 0 Å². The number of hydrogen-bond acceptors (Lipinski definition) is 3. The summed E-state index contributed by atoms with van der Waals surface area (Å²) in [6.45, 7) is 4.27. The van der Waals surface area contributed by atoms with E-state index in [-0.39, 0.29) is 12.5 Å². The highest BCUT2D eigenvalue weighted by Gasteiger charge is 2.17. The first kappa shape index (κ1) is 52.1. The summed E-state index contributed by atoms with van der Waals surface area (Å²) in [5, 5.41) is 23.0. The van der Waals surface area contributed by atoms with Gasteiger partial charge in [0.05, 0.1) is 18.8 Å². The van der Waals surface area contributed by atoms with Crippen LogP contribution in [-0.2, 0) is 4.79 Å². The highest BCUT2D eigenvalue weighted by molar-refractivity contribution is 5.76. The average Bonchev–Trinajstić information content (AvgIpc) is 3.18. The molecular formula is C50H91NO3. The Balaban J connectivity index is 3.56. The van der Waals surface area contributed by atoms with Gasteiger partial charge >= 0.3 is 0 Å². The van der Waals surface area contributed by atoms with E-state index in [1.165, 1.54) is 167 Å². The minimum absolute atomic E-state index is 0.0791. The summed E-state index contributed by atoms with van der Waals surface area (Å²) in [5.41, 5.74) is 0. The van der Waals surface area contributed by atoms with Crippen LogP contribution in [0.15, 0.2) is 60.8 Å². The van der Waals surface area contributed by atoms with Crippen molar-refractivity contribution in [3.05, 3.63) is 60.8 Å². The van der Waals surface area contributed by atoms with Crippen molar-refractivity contribution in [2.75, 3.05) is 6.61 Å².